The summed E-state index contributed by atoms with van der Waals surface area (Å²) >= 11 is 0. The van der Waals surface area contributed by atoms with Gasteiger partial charge < -0.3 is 4.74 Å². The fraction of sp³-hybridized carbons (Fsp3) is 0.809. The smallest absolute Gasteiger partial charge is 0.305 e. The third-order valence-electron chi connectivity index (χ3n) is 14.4. The van der Waals surface area contributed by atoms with E-state index >= 15 is 0 Å². The van der Waals surface area contributed by atoms with Gasteiger partial charge in [0.05, 0.1) is 6.61 Å². The first kappa shape index (κ1) is 40.2. The van der Waals surface area contributed by atoms with Crippen molar-refractivity contribution in [3.05, 3.63) is 48.6 Å². The highest BCUT2D eigenvalue weighted by atomic mass is 16.5. The van der Waals surface area contributed by atoms with Crippen LogP contribution < -0.4 is 0 Å². The van der Waals surface area contributed by atoms with Gasteiger partial charge >= 0.3 is 5.97 Å². The summed E-state index contributed by atoms with van der Waals surface area (Å²) in [7, 11) is 0. The largest absolute Gasteiger partial charge is 0.465 e. The zero-order valence-corrected chi connectivity index (χ0v) is 32.9. The van der Waals surface area contributed by atoms with Crippen LogP contribution in [0.25, 0.3) is 0 Å². The monoisotopic (exact) mass is 675 g/mol. The molecule has 278 valence electrons. The first-order chi connectivity index (χ1) is 23.8. The molecule has 0 aromatic carbocycles. The van der Waals surface area contributed by atoms with Crippen molar-refractivity contribution in [2.75, 3.05) is 6.61 Å². The number of ether oxygens (including phenoxy) is 1. The van der Waals surface area contributed by atoms with Gasteiger partial charge in [0, 0.05) is 6.42 Å². The maximum atomic E-state index is 12.4. The van der Waals surface area contributed by atoms with Crippen LogP contribution in [0.2, 0.25) is 0 Å². The Morgan fingerprint density at radius 2 is 1.37 bits per heavy atom. The molecule has 0 aromatic heterocycles. The fourth-order valence-electron chi connectivity index (χ4n) is 11.6. The summed E-state index contributed by atoms with van der Waals surface area (Å²) in [4.78, 5) is 12.4. The van der Waals surface area contributed by atoms with Gasteiger partial charge in [0.1, 0.15) is 0 Å². The van der Waals surface area contributed by atoms with E-state index in [-0.39, 0.29) is 5.97 Å². The van der Waals surface area contributed by atoms with E-state index in [0.29, 0.717) is 29.8 Å². The predicted octanol–water partition coefficient (Wildman–Crippen LogP) is 14.2. The molecule has 2 unspecified atom stereocenters. The van der Waals surface area contributed by atoms with Gasteiger partial charge in [0.2, 0.25) is 0 Å². The first-order valence-corrected chi connectivity index (χ1v) is 21.5. The Balaban J connectivity index is 1.02. The Morgan fingerprint density at radius 3 is 2.08 bits per heavy atom. The molecule has 0 radical (unpaired) electrons. The maximum Gasteiger partial charge on any atom is 0.305 e. The standard InChI is InChI=1S/C47H78O2/c1-6-7-8-9-10-11-12-13-14-15-16-17-18-19-20-21-22-29-45(48)49-37-38(2)26-25-27-39(3)42-32-33-43-41-31-30-40-28-23-24-35-46(40,4)44(41)34-36-47(42,43)5/h10-11,13-14,16-17,19-20,38-44H,6-9,12,15,18,21-37H2,1-5H3/t38?,39-,40?,41+,42-,43+,44+,46+,47-/m1/s1. The second kappa shape index (κ2) is 21.1. The second-order valence-electron chi connectivity index (χ2n) is 17.8. The summed E-state index contributed by atoms with van der Waals surface area (Å²) in [6.45, 7) is 13.1. The van der Waals surface area contributed by atoms with Crippen LogP contribution in [0.4, 0.5) is 0 Å². The van der Waals surface area contributed by atoms with E-state index in [1.54, 1.807) is 0 Å². The quantitative estimate of drug-likeness (QED) is 0.0688. The Labute approximate surface area is 304 Å². The van der Waals surface area contributed by atoms with Gasteiger partial charge in [-0.15, -0.1) is 0 Å². The minimum Gasteiger partial charge on any atom is -0.465 e. The number of carbonyl (C=O) groups is 1. The average Bonchev–Trinajstić information content (AvgIpc) is 3.45. The molecule has 0 aliphatic heterocycles. The lowest BCUT2D eigenvalue weighted by atomic mass is 9.44. The second-order valence-corrected chi connectivity index (χ2v) is 17.8. The number of carbonyl (C=O) groups excluding carboxylic acids is 1. The molecule has 4 aliphatic rings. The average molecular weight is 675 g/mol. The molecule has 0 heterocycles. The third kappa shape index (κ3) is 11.7. The molecule has 0 bridgehead atoms. The molecule has 0 amide bonds. The van der Waals surface area contributed by atoms with Crippen LogP contribution in [0.1, 0.15) is 182 Å². The number of rotatable bonds is 21. The Morgan fingerprint density at radius 1 is 0.694 bits per heavy atom. The molecule has 4 rings (SSSR count). The van der Waals surface area contributed by atoms with Crippen LogP contribution in [0, 0.1) is 52.3 Å². The van der Waals surface area contributed by atoms with E-state index in [0.717, 1.165) is 67.6 Å². The van der Waals surface area contributed by atoms with Gasteiger partial charge in [-0.2, -0.15) is 0 Å². The highest BCUT2D eigenvalue weighted by Crippen LogP contribution is 2.68. The topological polar surface area (TPSA) is 26.3 Å². The molecule has 0 aromatic rings. The van der Waals surface area contributed by atoms with E-state index in [9.17, 15) is 4.79 Å². The summed E-state index contributed by atoms with van der Waals surface area (Å²) in [6, 6.07) is 0. The Hall–Kier alpha value is -1.57. The van der Waals surface area contributed by atoms with E-state index in [1.165, 1.54) is 109 Å². The lowest BCUT2D eigenvalue weighted by Crippen LogP contribution is -2.53. The number of allylic oxidation sites excluding steroid dienone is 8. The van der Waals surface area contributed by atoms with Crippen molar-refractivity contribution in [2.45, 2.75) is 182 Å². The highest BCUT2D eigenvalue weighted by molar-refractivity contribution is 5.69. The molecule has 49 heavy (non-hydrogen) atoms. The highest BCUT2D eigenvalue weighted by Gasteiger charge is 2.60. The molecule has 4 fully saturated rings. The molecule has 9 atom stereocenters. The molecular weight excluding hydrogens is 597 g/mol. The van der Waals surface area contributed by atoms with Gasteiger partial charge in [-0.3, -0.25) is 4.79 Å². The van der Waals surface area contributed by atoms with E-state index in [1.807, 2.05) is 0 Å². The first-order valence-electron chi connectivity index (χ1n) is 21.5. The lowest BCUT2D eigenvalue weighted by molar-refractivity contribution is -0.145. The van der Waals surface area contributed by atoms with Gasteiger partial charge in [0.15, 0.2) is 0 Å². The van der Waals surface area contributed by atoms with Gasteiger partial charge in [-0.25, -0.2) is 0 Å². The SMILES string of the molecule is CCCCCC=CCC=CCC=CCC=CCCCC(=O)OCC(C)CCC[C@@H](C)[C@H]1CC[C@H]2[C@@H]3CCC4CCCC[C@]4(C)[C@H]3CC[C@]12C. The number of esters is 1. The van der Waals surface area contributed by atoms with Crippen LogP contribution >= 0.6 is 0 Å². The van der Waals surface area contributed by atoms with Crippen LogP contribution in [0.5, 0.6) is 0 Å². The van der Waals surface area contributed by atoms with Crippen molar-refractivity contribution in [3.8, 4) is 0 Å². The molecule has 0 N–H and O–H groups in total. The molecule has 0 saturated heterocycles. The molecular formula is C47H78O2. The van der Waals surface area contributed by atoms with Gasteiger partial charge in [0.25, 0.3) is 0 Å². The molecule has 2 heteroatoms. The number of hydrogen-bond donors (Lipinski definition) is 0. The molecule has 2 nitrogen and oxygen atoms in total. The molecule has 4 saturated carbocycles. The molecule has 4 aliphatic carbocycles. The van der Waals surface area contributed by atoms with Crippen molar-refractivity contribution in [3.63, 3.8) is 0 Å². The van der Waals surface area contributed by atoms with Crippen molar-refractivity contribution >= 4 is 5.97 Å². The Bertz CT molecular complexity index is 1070. The number of unbranched alkanes of at least 4 members (excludes halogenated alkanes) is 4. The van der Waals surface area contributed by atoms with E-state index in [2.05, 4.69) is 83.2 Å². The third-order valence-corrected chi connectivity index (χ3v) is 14.4. The van der Waals surface area contributed by atoms with Crippen LogP contribution in [-0.4, -0.2) is 12.6 Å². The van der Waals surface area contributed by atoms with Crippen LogP contribution in [-0.2, 0) is 9.53 Å². The maximum absolute atomic E-state index is 12.4. The zero-order chi connectivity index (χ0) is 35.0. The number of fused-ring (bicyclic) bond motifs is 5. The van der Waals surface area contributed by atoms with Crippen molar-refractivity contribution < 1.29 is 9.53 Å². The van der Waals surface area contributed by atoms with Crippen molar-refractivity contribution in [2.24, 2.45) is 52.3 Å². The van der Waals surface area contributed by atoms with Crippen LogP contribution in [0.15, 0.2) is 48.6 Å². The zero-order valence-electron chi connectivity index (χ0n) is 32.9. The van der Waals surface area contributed by atoms with E-state index in [4.69, 9.17) is 4.74 Å². The van der Waals surface area contributed by atoms with Crippen molar-refractivity contribution in [1.29, 1.82) is 0 Å². The van der Waals surface area contributed by atoms with Gasteiger partial charge in [-0.05, 0) is 155 Å². The minimum absolute atomic E-state index is 0.0206. The molecule has 0 spiro atoms. The van der Waals surface area contributed by atoms with Crippen LogP contribution in [0.3, 0.4) is 0 Å². The number of hydrogen-bond acceptors (Lipinski definition) is 2. The summed E-state index contributed by atoms with van der Waals surface area (Å²) in [5.74, 6) is 6.21. The lowest BCUT2D eigenvalue weighted by Gasteiger charge is -2.61. The van der Waals surface area contributed by atoms with Gasteiger partial charge in [-0.1, -0.05) is 122 Å². The summed E-state index contributed by atoms with van der Waals surface area (Å²) in [5.41, 5.74) is 1.23. The predicted molar refractivity (Wildman–Crippen MR) is 211 cm³/mol. The summed E-state index contributed by atoms with van der Waals surface area (Å²) < 4.78 is 5.69. The summed E-state index contributed by atoms with van der Waals surface area (Å²) in [6.07, 6.45) is 47.4. The fourth-order valence-corrected chi connectivity index (χ4v) is 11.6. The van der Waals surface area contributed by atoms with Crippen molar-refractivity contribution in [1.82, 2.24) is 0 Å². The summed E-state index contributed by atoms with van der Waals surface area (Å²) in [5, 5.41) is 0. The normalized spacial score (nSPS) is 32.9. The van der Waals surface area contributed by atoms with E-state index < -0.39 is 0 Å². The Kier molecular flexibility index (Phi) is 17.3. The minimum atomic E-state index is -0.0206.